The van der Waals surface area contributed by atoms with Crippen molar-refractivity contribution in [2.45, 2.75) is 0 Å². The quantitative estimate of drug-likeness (QED) is 0.343. The molecule has 0 aliphatic rings. The average molecular weight is 343 g/mol. The van der Waals surface area contributed by atoms with Gasteiger partial charge >= 0.3 is 5.97 Å². The molecule has 0 aromatic heterocycles. The molecule has 23 heavy (non-hydrogen) atoms. The maximum Gasteiger partial charge on any atom is 0.336 e. The van der Waals surface area contributed by atoms with Crippen LogP contribution in [0, 0.1) is 0 Å². The molecule has 0 saturated heterocycles. The number of rotatable bonds is 3. The Morgan fingerprint density at radius 1 is 0.913 bits per heavy atom. The van der Waals surface area contributed by atoms with Gasteiger partial charge in [0.25, 0.3) is 0 Å². The molecule has 0 saturated carbocycles. The van der Waals surface area contributed by atoms with Gasteiger partial charge in [-0.05, 0) is 46.7 Å². The molecule has 4 heteroatoms. The Hall–Kier alpha value is -2.29. The van der Waals surface area contributed by atoms with Gasteiger partial charge in [-0.1, -0.05) is 59.6 Å². The van der Waals surface area contributed by atoms with E-state index in [2.05, 4.69) is 0 Å². The van der Waals surface area contributed by atoms with Gasteiger partial charge in [-0.2, -0.15) is 0 Å². The average Bonchev–Trinajstić information content (AvgIpc) is 2.54. The largest absolute Gasteiger partial charge is 0.423 e. The SMILES string of the molecule is O=C(/C=C/c1ccc(Cl)cc1Cl)Oc1ccc2ccccc2c1. The predicted molar refractivity (Wildman–Crippen MR) is 95.1 cm³/mol. The van der Waals surface area contributed by atoms with Crippen LogP contribution in [0.15, 0.2) is 66.7 Å². The van der Waals surface area contributed by atoms with E-state index in [-0.39, 0.29) is 0 Å². The molecular weight excluding hydrogens is 331 g/mol. The second kappa shape index (κ2) is 6.86. The summed E-state index contributed by atoms with van der Waals surface area (Å²) in [5.74, 6) is 0.0341. The summed E-state index contributed by atoms with van der Waals surface area (Å²) < 4.78 is 5.31. The number of halogens is 2. The van der Waals surface area contributed by atoms with Gasteiger partial charge in [0, 0.05) is 16.1 Å². The zero-order valence-electron chi connectivity index (χ0n) is 12.0. The maximum absolute atomic E-state index is 11.9. The lowest BCUT2D eigenvalue weighted by Gasteiger charge is -2.03. The molecule has 114 valence electrons. The highest BCUT2D eigenvalue weighted by molar-refractivity contribution is 6.35. The summed E-state index contributed by atoms with van der Waals surface area (Å²) in [5, 5.41) is 3.14. The number of benzene rings is 3. The van der Waals surface area contributed by atoms with Crippen molar-refractivity contribution < 1.29 is 9.53 Å². The minimum atomic E-state index is -0.466. The third-order valence-corrected chi connectivity index (χ3v) is 3.86. The van der Waals surface area contributed by atoms with Crippen molar-refractivity contribution in [1.82, 2.24) is 0 Å². The molecule has 3 aromatic rings. The van der Waals surface area contributed by atoms with Crippen molar-refractivity contribution in [3.05, 3.63) is 82.3 Å². The van der Waals surface area contributed by atoms with Crippen LogP contribution >= 0.6 is 23.2 Å². The van der Waals surface area contributed by atoms with Crippen molar-refractivity contribution in [1.29, 1.82) is 0 Å². The van der Waals surface area contributed by atoms with Gasteiger partial charge in [0.05, 0.1) is 0 Å². The Morgan fingerprint density at radius 2 is 1.70 bits per heavy atom. The fourth-order valence-corrected chi connectivity index (χ4v) is 2.65. The number of ether oxygens (including phenoxy) is 1. The van der Waals surface area contributed by atoms with E-state index in [1.807, 2.05) is 36.4 Å². The number of hydrogen-bond acceptors (Lipinski definition) is 2. The van der Waals surface area contributed by atoms with Crippen LogP contribution in [-0.4, -0.2) is 5.97 Å². The zero-order chi connectivity index (χ0) is 16.2. The lowest BCUT2D eigenvalue weighted by molar-refractivity contribution is -0.128. The van der Waals surface area contributed by atoms with E-state index in [9.17, 15) is 4.79 Å². The first-order valence-electron chi connectivity index (χ1n) is 6.95. The first kappa shape index (κ1) is 15.6. The van der Waals surface area contributed by atoms with Crippen LogP contribution in [0.5, 0.6) is 5.75 Å². The van der Waals surface area contributed by atoms with Gasteiger partial charge in [0.2, 0.25) is 0 Å². The summed E-state index contributed by atoms with van der Waals surface area (Å²) in [6.07, 6.45) is 2.94. The summed E-state index contributed by atoms with van der Waals surface area (Å²) in [7, 11) is 0. The molecule has 0 fully saturated rings. The first-order chi connectivity index (χ1) is 11.1. The summed E-state index contributed by atoms with van der Waals surface area (Å²) in [5.41, 5.74) is 0.700. The fraction of sp³-hybridized carbons (Fsp3) is 0. The van der Waals surface area contributed by atoms with Crippen LogP contribution < -0.4 is 4.74 Å². The first-order valence-corrected chi connectivity index (χ1v) is 7.71. The summed E-state index contributed by atoms with van der Waals surface area (Å²) in [6, 6.07) is 18.5. The number of carbonyl (C=O) groups excluding carboxylic acids is 1. The topological polar surface area (TPSA) is 26.3 Å². The highest BCUT2D eigenvalue weighted by Crippen LogP contribution is 2.23. The lowest BCUT2D eigenvalue weighted by atomic mass is 10.1. The summed E-state index contributed by atoms with van der Waals surface area (Å²) in [6.45, 7) is 0. The van der Waals surface area contributed by atoms with Gasteiger partial charge in [0.1, 0.15) is 5.75 Å². The molecule has 0 bridgehead atoms. The fourth-order valence-electron chi connectivity index (χ4n) is 2.18. The normalized spacial score (nSPS) is 11.0. The molecule has 3 aromatic carbocycles. The van der Waals surface area contributed by atoms with Crippen molar-refractivity contribution in [2.24, 2.45) is 0 Å². The Kier molecular flexibility index (Phi) is 4.65. The van der Waals surface area contributed by atoms with E-state index in [4.69, 9.17) is 27.9 Å². The van der Waals surface area contributed by atoms with Crippen molar-refractivity contribution >= 4 is 46.0 Å². The van der Waals surface area contributed by atoms with Gasteiger partial charge in [-0.3, -0.25) is 0 Å². The molecule has 2 nitrogen and oxygen atoms in total. The van der Waals surface area contributed by atoms with E-state index in [1.54, 1.807) is 30.3 Å². The van der Waals surface area contributed by atoms with Gasteiger partial charge in [-0.25, -0.2) is 4.79 Å². The zero-order valence-corrected chi connectivity index (χ0v) is 13.5. The van der Waals surface area contributed by atoms with E-state index < -0.39 is 5.97 Å². The Bertz CT molecular complexity index is 901. The molecule has 0 atom stereocenters. The van der Waals surface area contributed by atoms with E-state index in [1.165, 1.54) is 6.08 Å². The predicted octanol–water partition coefficient (Wildman–Crippen LogP) is 5.77. The van der Waals surface area contributed by atoms with Crippen molar-refractivity contribution in [3.8, 4) is 5.75 Å². The second-order valence-electron chi connectivity index (χ2n) is 4.93. The number of hydrogen-bond donors (Lipinski definition) is 0. The van der Waals surface area contributed by atoms with Crippen molar-refractivity contribution in [2.75, 3.05) is 0 Å². The molecule has 3 rings (SSSR count). The van der Waals surface area contributed by atoms with Crippen LogP contribution in [0.1, 0.15) is 5.56 Å². The monoisotopic (exact) mass is 342 g/mol. The third-order valence-electron chi connectivity index (χ3n) is 3.30. The molecule has 0 radical (unpaired) electrons. The van der Waals surface area contributed by atoms with Crippen molar-refractivity contribution in [3.63, 3.8) is 0 Å². The van der Waals surface area contributed by atoms with Crippen LogP contribution in [-0.2, 0) is 4.79 Å². The van der Waals surface area contributed by atoms with Gasteiger partial charge in [-0.15, -0.1) is 0 Å². The minimum absolute atomic E-state index is 0.466. The molecule has 0 amide bonds. The molecule has 0 aliphatic heterocycles. The molecule has 0 heterocycles. The molecule has 0 N–H and O–H groups in total. The van der Waals surface area contributed by atoms with Crippen LogP contribution in [0.4, 0.5) is 0 Å². The van der Waals surface area contributed by atoms with E-state index in [0.29, 0.717) is 21.4 Å². The van der Waals surface area contributed by atoms with Crippen LogP contribution in [0.25, 0.3) is 16.8 Å². The third kappa shape index (κ3) is 3.92. The Balaban J connectivity index is 1.74. The number of esters is 1. The molecule has 0 unspecified atom stereocenters. The minimum Gasteiger partial charge on any atom is -0.423 e. The molecule has 0 spiro atoms. The molecular formula is C19H12Cl2O2. The highest BCUT2D eigenvalue weighted by Gasteiger charge is 2.03. The van der Waals surface area contributed by atoms with Gasteiger partial charge in [0.15, 0.2) is 0 Å². The smallest absolute Gasteiger partial charge is 0.336 e. The summed E-state index contributed by atoms with van der Waals surface area (Å²) >= 11 is 11.9. The van der Waals surface area contributed by atoms with Crippen LogP contribution in [0.2, 0.25) is 10.0 Å². The summed E-state index contributed by atoms with van der Waals surface area (Å²) in [4.78, 5) is 11.9. The van der Waals surface area contributed by atoms with E-state index in [0.717, 1.165) is 10.8 Å². The number of carbonyl (C=O) groups is 1. The Morgan fingerprint density at radius 3 is 2.48 bits per heavy atom. The van der Waals surface area contributed by atoms with Gasteiger partial charge < -0.3 is 4.74 Å². The maximum atomic E-state index is 11.9. The Labute approximate surface area is 143 Å². The standard InChI is InChI=1S/C19H12Cl2O2/c20-16-8-5-14(18(21)12-16)7-10-19(22)23-17-9-6-13-3-1-2-4-15(13)11-17/h1-12H/b10-7+. The second-order valence-corrected chi connectivity index (χ2v) is 5.77. The number of fused-ring (bicyclic) bond motifs is 1. The van der Waals surface area contributed by atoms with E-state index >= 15 is 0 Å². The lowest BCUT2D eigenvalue weighted by Crippen LogP contribution is -2.03. The van der Waals surface area contributed by atoms with Crippen LogP contribution in [0.3, 0.4) is 0 Å². The molecule has 0 aliphatic carbocycles. The highest BCUT2D eigenvalue weighted by atomic mass is 35.5.